The first kappa shape index (κ1) is 23.9. The molecule has 0 bridgehead atoms. The fourth-order valence-electron chi connectivity index (χ4n) is 3.68. The third-order valence-electron chi connectivity index (χ3n) is 5.44. The molecule has 7 nitrogen and oxygen atoms in total. The molecule has 0 aromatic heterocycles. The number of hydrogen-bond acceptors (Lipinski definition) is 5. The van der Waals surface area contributed by atoms with Gasteiger partial charge in [0.05, 0.1) is 6.04 Å². The van der Waals surface area contributed by atoms with Gasteiger partial charge < -0.3 is 19.7 Å². The van der Waals surface area contributed by atoms with Gasteiger partial charge in [-0.3, -0.25) is 9.59 Å². The number of hydrogen-bond donors (Lipinski definition) is 1. The molecule has 1 N–H and O–H groups in total. The maximum atomic E-state index is 12.6. The van der Waals surface area contributed by atoms with Crippen LogP contribution in [0.5, 0.6) is 11.5 Å². The molecule has 0 saturated carbocycles. The lowest BCUT2D eigenvalue weighted by Crippen LogP contribution is -2.32. The lowest BCUT2D eigenvalue weighted by atomic mass is 10.0. The third kappa shape index (κ3) is 7.11. The van der Waals surface area contributed by atoms with Gasteiger partial charge >= 0.3 is 0 Å². The summed E-state index contributed by atoms with van der Waals surface area (Å²) < 4.78 is 11.1. The van der Waals surface area contributed by atoms with E-state index in [0.717, 1.165) is 37.1 Å². The standard InChI is InChI=1S/C26H29N3O4/c1-2-23(28-25(30)14-11-20-9-12-21(13-10-20)32-18-15-27)22-7-3-4-8-24(22)33-19-26(31)29-16-5-6-17-29/h3-4,7-14,23H,2,5-6,16-19H2,1H3,(H,28,30). The average Bonchev–Trinajstić information content (AvgIpc) is 3.39. The van der Waals surface area contributed by atoms with Crippen molar-refractivity contribution in [1.29, 1.82) is 5.26 Å². The van der Waals surface area contributed by atoms with Gasteiger partial charge in [0, 0.05) is 24.7 Å². The van der Waals surface area contributed by atoms with Crippen LogP contribution in [0, 0.1) is 11.3 Å². The summed E-state index contributed by atoms with van der Waals surface area (Å²) in [5.74, 6) is 0.971. The van der Waals surface area contributed by atoms with Gasteiger partial charge in [0.2, 0.25) is 5.91 Å². The number of amides is 2. The highest BCUT2D eigenvalue weighted by Crippen LogP contribution is 2.27. The van der Waals surface area contributed by atoms with E-state index in [9.17, 15) is 9.59 Å². The Hall–Kier alpha value is -3.79. The molecule has 1 aliphatic rings. The Morgan fingerprint density at radius 3 is 2.55 bits per heavy atom. The molecule has 1 saturated heterocycles. The molecule has 0 radical (unpaired) electrons. The van der Waals surface area contributed by atoms with Crippen molar-refractivity contribution in [3.8, 4) is 17.6 Å². The summed E-state index contributed by atoms with van der Waals surface area (Å²) in [6.07, 6.45) is 5.95. The summed E-state index contributed by atoms with van der Waals surface area (Å²) in [6.45, 7) is 3.56. The Balaban J connectivity index is 1.59. The summed E-state index contributed by atoms with van der Waals surface area (Å²) in [7, 11) is 0. The molecule has 1 unspecified atom stereocenters. The SMILES string of the molecule is CCC(NC(=O)C=Cc1ccc(OCC#N)cc1)c1ccccc1OCC(=O)N1CCCC1. The fraction of sp³-hybridized carbons (Fsp3) is 0.346. The zero-order valence-corrected chi connectivity index (χ0v) is 18.8. The number of carbonyl (C=O) groups excluding carboxylic acids is 2. The number of carbonyl (C=O) groups is 2. The van der Waals surface area contributed by atoms with E-state index in [1.807, 2.05) is 54.3 Å². The Labute approximate surface area is 194 Å². The molecule has 1 fully saturated rings. The molecule has 1 atom stereocenters. The van der Waals surface area contributed by atoms with Crippen molar-refractivity contribution in [2.45, 2.75) is 32.2 Å². The van der Waals surface area contributed by atoms with E-state index in [-0.39, 0.29) is 31.1 Å². The molecule has 172 valence electrons. The number of para-hydroxylation sites is 1. The Kier molecular flexibility index (Phi) is 8.89. The fourth-order valence-corrected chi connectivity index (χ4v) is 3.68. The molecule has 1 heterocycles. The molecule has 2 aromatic carbocycles. The van der Waals surface area contributed by atoms with Crippen LogP contribution in [0.3, 0.4) is 0 Å². The van der Waals surface area contributed by atoms with Crippen molar-refractivity contribution < 1.29 is 19.1 Å². The molecule has 2 aromatic rings. The predicted octanol–water partition coefficient (Wildman–Crippen LogP) is 3.87. The van der Waals surface area contributed by atoms with Crippen LogP contribution in [0.1, 0.15) is 43.4 Å². The number of rotatable bonds is 10. The molecule has 7 heteroatoms. The summed E-state index contributed by atoms with van der Waals surface area (Å²) in [6, 6.07) is 16.3. The van der Waals surface area contributed by atoms with E-state index in [1.165, 1.54) is 6.08 Å². The second-order valence-corrected chi connectivity index (χ2v) is 7.73. The van der Waals surface area contributed by atoms with Crippen molar-refractivity contribution in [3.05, 3.63) is 65.7 Å². The monoisotopic (exact) mass is 447 g/mol. The quantitative estimate of drug-likeness (QED) is 0.558. The molecule has 1 aliphatic heterocycles. The Morgan fingerprint density at radius 2 is 1.85 bits per heavy atom. The Bertz CT molecular complexity index is 1000. The highest BCUT2D eigenvalue weighted by molar-refractivity contribution is 5.92. The minimum absolute atomic E-state index is 0.00459. The zero-order valence-electron chi connectivity index (χ0n) is 18.8. The first-order valence-corrected chi connectivity index (χ1v) is 11.2. The third-order valence-corrected chi connectivity index (χ3v) is 5.44. The molecule has 2 amide bonds. The van der Waals surface area contributed by atoms with Crippen LogP contribution >= 0.6 is 0 Å². The topological polar surface area (TPSA) is 91.7 Å². The smallest absolute Gasteiger partial charge is 0.260 e. The van der Waals surface area contributed by atoms with Crippen LogP contribution in [0.2, 0.25) is 0 Å². The minimum atomic E-state index is -0.248. The van der Waals surface area contributed by atoms with Crippen LogP contribution in [-0.2, 0) is 9.59 Å². The summed E-state index contributed by atoms with van der Waals surface area (Å²) in [5.41, 5.74) is 1.68. The van der Waals surface area contributed by atoms with E-state index in [4.69, 9.17) is 14.7 Å². The van der Waals surface area contributed by atoms with Gasteiger partial charge in [0.15, 0.2) is 13.2 Å². The van der Waals surface area contributed by atoms with Gasteiger partial charge in [-0.25, -0.2) is 0 Å². The maximum absolute atomic E-state index is 12.6. The number of benzene rings is 2. The molecular formula is C26H29N3O4. The van der Waals surface area contributed by atoms with Gasteiger partial charge in [0.25, 0.3) is 5.91 Å². The van der Waals surface area contributed by atoms with Crippen molar-refractivity contribution >= 4 is 17.9 Å². The molecule has 0 spiro atoms. The van der Waals surface area contributed by atoms with E-state index < -0.39 is 0 Å². The lowest BCUT2D eigenvalue weighted by molar-refractivity contribution is -0.132. The summed E-state index contributed by atoms with van der Waals surface area (Å²) >= 11 is 0. The molecule has 0 aliphatic carbocycles. The van der Waals surface area contributed by atoms with Crippen LogP contribution in [-0.4, -0.2) is 43.0 Å². The zero-order chi connectivity index (χ0) is 23.5. The van der Waals surface area contributed by atoms with Gasteiger partial charge in [0.1, 0.15) is 17.6 Å². The van der Waals surface area contributed by atoms with E-state index in [2.05, 4.69) is 5.32 Å². The van der Waals surface area contributed by atoms with Crippen LogP contribution < -0.4 is 14.8 Å². The van der Waals surface area contributed by atoms with E-state index in [1.54, 1.807) is 18.2 Å². The normalized spacial score (nSPS) is 14.0. The highest BCUT2D eigenvalue weighted by atomic mass is 16.5. The number of ether oxygens (including phenoxy) is 2. The van der Waals surface area contributed by atoms with Crippen LogP contribution in [0.25, 0.3) is 6.08 Å². The predicted molar refractivity (Wildman–Crippen MR) is 126 cm³/mol. The van der Waals surface area contributed by atoms with Gasteiger partial charge in [-0.1, -0.05) is 37.3 Å². The van der Waals surface area contributed by atoms with Crippen molar-refractivity contribution in [3.63, 3.8) is 0 Å². The van der Waals surface area contributed by atoms with Crippen LogP contribution in [0.15, 0.2) is 54.6 Å². The van der Waals surface area contributed by atoms with E-state index >= 15 is 0 Å². The second kappa shape index (κ2) is 12.3. The second-order valence-electron chi connectivity index (χ2n) is 7.73. The maximum Gasteiger partial charge on any atom is 0.260 e. The number of nitrogens with one attached hydrogen (secondary N) is 1. The lowest BCUT2D eigenvalue weighted by Gasteiger charge is -2.21. The largest absolute Gasteiger partial charge is 0.483 e. The summed E-state index contributed by atoms with van der Waals surface area (Å²) in [4.78, 5) is 26.7. The molecule has 3 rings (SSSR count). The number of nitriles is 1. The van der Waals surface area contributed by atoms with Crippen molar-refractivity contribution in [2.24, 2.45) is 0 Å². The molecule has 33 heavy (non-hydrogen) atoms. The molecular weight excluding hydrogens is 418 g/mol. The van der Waals surface area contributed by atoms with E-state index in [0.29, 0.717) is 17.9 Å². The van der Waals surface area contributed by atoms with Crippen molar-refractivity contribution in [1.82, 2.24) is 10.2 Å². The number of likely N-dealkylation sites (tertiary alicyclic amines) is 1. The van der Waals surface area contributed by atoms with Gasteiger partial charge in [-0.05, 0) is 49.1 Å². The Morgan fingerprint density at radius 1 is 1.12 bits per heavy atom. The van der Waals surface area contributed by atoms with Gasteiger partial charge in [-0.15, -0.1) is 0 Å². The first-order valence-electron chi connectivity index (χ1n) is 11.2. The number of nitrogens with zero attached hydrogens (tertiary/aromatic N) is 2. The first-order chi connectivity index (χ1) is 16.1. The van der Waals surface area contributed by atoms with Crippen molar-refractivity contribution in [2.75, 3.05) is 26.3 Å². The average molecular weight is 448 g/mol. The van der Waals surface area contributed by atoms with Gasteiger partial charge in [-0.2, -0.15) is 5.26 Å². The van der Waals surface area contributed by atoms with Crippen LogP contribution in [0.4, 0.5) is 0 Å². The minimum Gasteiger partial charge on any atom is -0.483 e. The summed E-state index contributed by atoms with van der Waals surface area (Å²) in [5, 5.41) is 11.6. The highest BCUT2D eigenvalue weighted by Gasteiger charge is 2.20.